The van der Waals surface area contributed by atoms with E-state index in [2.05, 4.69) is 12.0 Å². The summed E-state index contributed by atoms with van der Waals surface area (Å²) in [6, 6.07) is 1.92. The number of nitrogens with two attached hydrogens (primary N) is 1. The van der Waals surface area contributed by atoms with Crippen molar-refractivity contribution in [2.75, 3.05) is 26.9 Å². The van der Waals surface area contributed by atoms with Crippen LogP contribution in [0.2, 0.25) is 5.02 Å². The monoisotopic (exact) mass is 365 g/mol. The van der Waals surface area contributed by atoms with E-state index in [1.807, 2.05) is 35.0 Å². The lowest BCUT2D eigenvalue weighted by molar-refractivity contribution is 0.0149. The van der Waals surface area contributed by atoms with Gasteiger partial charge in [-0.05, 0) is 26.0 Å². The first-order valence-electron chi connectivity index (χ1n) is 8.35. The van der Waals surface area contributed by atoms with Crippen LogP contribution in [0.1, 0.15) is 25.5 Å². The number of nitrogens with zero attached hydrogens (tertiary/aromatic N) is 4. The molecule has 1 aromatic heterocycles. The Morgan fingerprint density at radius 3 is 2.88 bits per heavy atom. The van der Waals surface area contributed by atoms with Gasteiger partial charge >= 0.3 is 0 Å². The van der Waals surface area contributed by atoms with Gasteiger partial charge in [-0.25, -0.2) is 0 Å². The molecule has 136 valence electrons. The van der Waals surface area contributed by atoms with Gasteiger partial charge in [0.15, 0.2) is 5.75 Å². The molecule has 0 bridgehead atoms. The number of methoxy groups -OCH3 is 1. The number of halogens is 1. The number of aromatic nitrogens is 2. The molecule has 3 rings (SSSR count). The van der Waals surface area contributed by atoms with Gasteiger partial charge in [0.25, 0.3) is 0 Å². The van der Waals surface area contributed by atoms with Crippen molar-refractivity contribution in [3.63, 3.8) is 0 Å². The van der Waals surface area contributed by atoms with Gasteiger partial charge in [0.1, 0.15) is 5.52 Å². The van der Waals surface area contributed by atoms with E-state index in [-0.39, 0.29) is 6.04 Å². The first-order chi connectivity index (χ1) is 12.1. The van der Waals surface area contributed by atoms with Gasteiger partial charge in [0.2, 0.25) is 0 Å². The Bertz CT molecular complexity index is 776. The highest BCUT2D eigenvalue weighted by molar-refractivity contribution is 6.35. The van der Waals surface area contributed by atoms with Crippen LogP contribution in [-0.2, 0) is 11.3 Å². The molecule has 8 heteroatoms. The van der Waals surface area contributed by atoms with E-state index in [0.717, 1.165) is 22.2 Å². The largest absolute Gasteiger partial charge is 0.491 e. The fourth-order valence-corrected chi connectivity index (χ4v) is 3.36. The third-order valence-corrected chi connectivity index (χ3v) is 4.66. The van der Waals surface area contributed by atoms with Crippen LogP contribution in [0.5, 0.6) is 5.75 Å². The van der Waals surface area contributed by atoms with Crippen molar-refractivity contribution in [2.24, 2.45) is 5.84 Å². The van der Waals surface area contributed by atoms with E-state index in [4.69, 9.17) is 26.9 Å². The van der Waals surface area contributed by atoms with E-state index < -0.39 is 0 Å². The molecule has 1 aromatic carbocycles. The van der Waals surface area contributed by atoms with Gasteiger partial charge in [-0.3, -0.25) is 15.5 Å². The second-order valence-electron chi connectivity index (χ2n) is 5.90. The van der Waals surface area contributed by atoms with Gasteiger partial charge in [-0.15, -0.1) is 0 Å². The highest BCUT2D eigenvalue weighted by atomic mass is 35.5. The summed E-state index contributed by atoms with van der Waals surface area (Å²) in [5.41, 5.74) is 1.86. The molecule has 0 radical (unpaired) electrons. The third kappa shape index (κ3) is 3.32. The average molecular weight is 366 g/mol. The van der Waals surface area contributed by atoms with E-state index in [9.17, 15) is 0 Å². The summed E-state index contributed by atoms with van der Waals surface area (Å²) in [4.78, 5) is 0. The summed E-state index contributed by atoms with van der Waals surface area (Å²) in [5.74, 6) is 6.85. The molecule has 0 saturated carbocycles. The van der Waals surface area contributed by atoms with Crippen LogP contribution in [-0.4, -0.2) is 46.8 Å². The maximum absolute atomic E-state index is 6.55. The number of hydrazine groups is 2. The summed E-state index contributed by atoms with van der Waals surface area (Å²) in [6.45, 7) is 6.46. The van der Waals surface area contributed by atoms with Crippen molar-refractivity contribution < 1.29 is 9.47 Å². The van der Waals surface area contributed by atoms with Crippen LogP contribution in [0.25, 0.3) is 10.9 Å². The number of hydrogen-bond donors (Lipinski definition) is 1. The molecular formula is C17H24ClN5O2. The number of hydrogen-bond acceptors (Lipinski definition) is 6. The molecule has 2 N–H and O–H groups in total. The lowest BCUT2D eigenvalue weighted by Crippen LogP contribution is -2.42. The maximum atomic E-state index is 6.55. The SMILES string of the molecule is CCOc1c(C(C)N2C=CCN2N)cc(Cl)c2cnn(CCOC)c12. The summed E-state index contributed by atoms with van der Waals surface area (Å²) >= 11 is 6.55. The minimum atomic E-state index is -0.0297. The highest BCUT2D eigenvalue weighted by Crippen LogP contribution is 2.40. The quantitative estimate of drug-likeness (QED) is 0.761. The molecule has 0 saturated heterocycles. The minimum Gasteiger partial charge on any atom is -0.491 e. The zero-order valence-corrected chi connectivity index (χ0v) is 15.5. The molecule has 0 aliphatic carbocycles. The van der Waals surface area contributed by atoms with Crippen LogP contribution in [0.3, 0.4) is 0 Å². The van der Waals surface area contributed by atoms with Crippen LogP contribution in [0.4, 0.5) is 0 Å². The van der Waals surface area contributed by atoms with Crippen molar-refractivity contribution in [1.29, 1.82) is 0 Å². The first kappa shape index (κ1) is 18.0. The Labute approximate surface area is 152 Å². The predicted molar refractivity (Wildman–Crippen MR) is 98.1 cm³/mol. The van der Waals surface area contributed by atoms with E-state index in [0.29, 0.717) is 31.3 Å². The number of fused-ring (bicyclic) bond motifs is 1. The Kier molecular flexibility index (Phi) is 5.48. The number of rotatable bonds is 7. The Morgan fingerprint density at radius 2 is 2.24 bits per heavy atom. The van der Waals surface area contributed by atoms with Gasteiger partial charge in [-0.2, -0.15) is 10.2 Å². The molecule has 1 unspecified atom stereocenters. The van der Waals surface area contributed by atoms with Gasteiger partial charge in [0.05, 0.1) is 43.6 Å². The van der Waals surface area contributed by atoms with Crippen LogP contribution in [0.15, 0.2) is 24.5 Å². The highest BCUT2D eigenvalue weighted by Gasteiger charge is 2.26. The summed E-state index contributed by atoms with van der Waals surface area (Å²) in [5, 5.41) is 9.62. The van der Waals surface area contributed by atoms with Crippen LogP contribution < -0.4 is 10.6 Å². The Balaban J connectivity index is 2.13. The minimum absolute atomic E-state index is 0.0297. The van der Waals surface area contributed by atoms with Gasteiger partial charge in [0, 0.05) is 24.3 Å². The molecular weight excluding hydrogens is 342 g/mol. The van der Waals surface area contributed by atoms with Crippen molar-refractivity contribution >= 4 is 22.5 Å². The zero-order chi connectivity index (χ0) is 18.0. The maximum Gasteiger partial charge on any atom is 0.150 e. The van der Waals surface area contributed by atoms with Crippen molar-refractivity contribution in [3.05, 3.63) is 35.1 Å². The van der Waals surface area contributed by atoms with Crippen molar-refractivity contribution in [1.82, 2.24) is 19.9 Å². The molecule has 1 aliphatic rings. The molecule has 7 nitrogen and oxygen atoms in total. The average Bonchev–Trinajstić information content (AvgIpc) is 3.21. The first-order valence-corrected chi connectivity index (χ1v) is 8.73. The number of benzene rings is 1. The Morgan fingerprint density at radius 1 is 1.44 bits per heavy atom. The van der Waals surface area contributed by atoms with E-state index in [1.54, 1.807) is 18.4 Å². The standard InChI is InChI=1S/C17H24ClN5O2/c1-4-25-17-13(12(2)22-6-5-7-23(22)19)10-15(18)14-11-20-21(16(14)17)8-9-24-3/h5-6,10-12H,4,7-9,19H2,1-3H3. The third-order valence-electron chi connectivity index (χ3n) is 4.35. The van der Waals surface area contributed by atoms with Gasteiger partial charge < -0.3 is 9.47 Å². The second-order valence-corrected chi connectivity index (χ2v) is 6.30. The predicted octanol–water partition coefficient (Wildman–Crippen LogP) is 2.72. The molecule has 0 spiro atoms. The van der Waals surface area contributed by atoms with E-state index in [1.165, 1.54) is 0 Å². The van der Waals surface area contributed by atoms with Crippen LogP contribution in [0, 0.1) is 0 Å². The lowest BCUT2D eigenvalue weighted by Gasteiger charge is -2.32. The fraction of sp³-hybridized carbons (Fsp3) is 0.471. The lowest BCUT2D eigenvalue weighted by atomic mass is 10.0. The molecule has 1 atom stereocenters. The second kappa shape index (κ2) is 7.61. The molecule has 0 fully saturated rings. The van der Waals surface area contributed by atoms with Crippen molar-refractivity contribution in [3.8, 4) is 5.75 Å². The smallest absolute Gasteiger partial charge is 0.150 e. The Hall–Kier alpha value is -1.80. The molecule has 25 heavy (non-hydrogen) atoms. The van der Waals surface area contributed by atoms with E-state index >= 15 is 0 Å². The molecule has 2 heterocycles. The normalized spacial score (nSPS) is 16.1. The summed E-state index contributed by atoms with van der Waals surface area (Å²) in [6.07, 6.45) is 5.76. The van der Waals surface area contributed by atoms with Gasteiger partial charge in [-0.1, -0.05) is 11.6 Å². The summed E-state index contributed by atoms with van der Waals surface area (Å²) < 4.78 is 13.1. The summed E-state index contributed by atoms with van der Waals surface area (Å²) in [7, 11) is 1.67. The van der Waals surface area contributed by atoms with Crippen molar-refractivity contribution in [2.45, 2.75) is 26.4 Å². The molecule has 0 amide bonds. The number of ether oxygens (including phenoxy) is 2. The topological polar surface area (TPSA) is 68.8 Å². The van der Waals surface area contributed by atoms with Crippen LogP contribution >= 0.6 is 11.6 Å². The molecule has 2 aromatic rings. The molecule has 1 aliphatic heterocycles. The fourth-order valence-electron chi connectivity index (χ4n) is 3.11. The zero-order valence-electron chi connectivity index (χ0n) is 14.8.